The van der Waals surface area contributed by atoms with Crippen molar-refractivity contribution in [1.82, 2.24) is 9.88 Å². The molecule has 3 N–H and O–H groups in total. The third kappa shape index (κ3) is 4.19. The van der Waals surface area contributed by atoms with Crippen LogP contribution < -0.4 is 5.32 Å². The smallest absolute Gasteiger partial charge is 0.354 e. The van der Waals surface area contributed by atoms with Crippen LogP contribution in [0.25, 0.3) is 0 Å². The first-order valence-corrected chi connectivity index (χ1v) is 7.71. The van der Waals surface area contributed by atoms with Crippen LogP contribution >= 0.6 is 11.8 Å². The third-order valence-electron chi connectivity index (χ3n) is 3.13. The number of H-pyrrole nitrogens is 1. The van der Waals surface area contributed by atoms with Crippen molar-refractivity contribution in [1.29, 1.82) is 0 Å². The maximum absolute atomic E-state index is 12.1. The van der Waals surface area contributed by atoms with Gasteiger partial charge in [0.15, 0.2) is 0 Å². The molecule has 0 saturated carbocycles. The van der Waals surface area contributed by atoms with Crippen LogP contribution in [-0.2, 0) is 0 Å². The van der Waals surface area contributed by atoms with Gasteiger partial charge in [-0.15, -0.1) is 0 Å². The lowest BCUT2D eigenvalue weighted by Crippen LogP contribution is -2.38. The Morgan fingerprint density at radius 2 is 2.20 bits per heavy atom. The van der Waals surface area contributed by atoms with Crippen molar-refractivity contribution in [2.75, 3.05) is 24.4 Å². The van der Waals surface area contributed by atoms with Crippen LogP contribution in [0.4, 0.5) is 10.5 Å². The predicted molar refractivity (Wildman–Crippen MR) is 81.7 cm³/mol. The van der Waals surface area contributed by atoms with Crippen LogP contribution in [0.3, 0.4) is 0 Å². The van der Waals surface area contributed by atoms with Crippen LogP contribution in [-0.4, -0.2) is 52.1 Å². The van der Waals surface area contributed by atoms with E-state index in [2.05, 4.69) is 10.3 Å². The number of anilines is 1. The maximum atomic E-state index is 12.1. The van der Waals surface area contributed by atoms with Crippen LogP contribution in [0.15, 0.2) is 6.07 Å². The molecule has 7 heteroatoms. The number of carbonyl (C=O) groups excluding carboxylic acids is 1. The number of aromatic carboxylic acids is 1. The summed E-state index contributed by atoms with van der Waals surface area (Å²) < 4.78 is 0. The Hall–Kier alpha value is -1.63. The molecule has 1 aromatic rings. The van der Waals surface area contributed by atoms with E-state index in [1.54, 1.807) is 36.7 Å². The van der Waals surface area contributed by atoms with E-state index in [1.807, 2.05) is 13.2 Å². The second-order valence-electron chi connectivity index (χ2n) is 4.72. The maximum Gasteiger partial charge on any atom is 0.354 e. The van der Waals surface area contributed by atoms with Gasteiger partial charge in [-0.2, -0.15) is 11.8 Å². The fourth-order valence-electron chi connectivity index (χ4n) is 1.74. The molecule has 0 radical (unpaired) electrons. The molecular weight excluding hydrogens is 278 g/mol. The van der Waals surface area contributed by atoms with E-state index in [4.69, 9.17) is 5.11 Å². The molecule has 1 aromatic heterocycles. The number of nitrogens with one attached hydrogen (secondary N) is 2. The summed E-state index contributed by atoms with van der Waals surface area (Å²) in [6.45, 7) is 3.71. The zero-order chi connectivity index (χ0) is 15.3. The molecule has 20 heavy (non-hydrogen) atoms. The van der Waals surface area contributed by atoms with E-state index >= 15 is 0 Å². The Balaban J connectivity index is 2.73. The van der Waals surface area contributed by atoms with Gasteiger partial charge in [0, 0.05) is 18.8 Å². The highest BCUT2D eigenvalue weighted by Crippen LogP contribution is 2.18. The van der Waals surface area contributed by atoms with Gasteiger partial charge in [-0.3, -0.25) is 0 Å². The molecule has 0 aliphatic carbocycles. The van der Waals surface area contributed by atoms with E-state index in [1.165, 1.54) is 0 Å². The fourth-order valence-corrected chi connectivity index (χ4v) is 2.32. The second-order valence-corrected chi connectivity index (χ2v) is 5.70. The first-order valence-electron chi connectivity index (χ1n) is 6.32. The zero-order valence-electron chi connectivity index (χ0n) is 12.2. The number of carboxylic acid groups (broad SMARTS) is 1. The molecule has 1 heterocycles. The minimum Gasteiger partial charge on any atom is -0.477 e. The Morgan fingerprint density at radius 1 is 1.55 bits per heavy atom. The highest BCUT2D eigenvalue weighted by atomic mass is 32.2. The first-order chi connectivity index (χ1) is 9.36. The second kappa shape index (κ2) is 7.23. The van der Waals surface area contributed by atoms with Gasteiger partial charge in [-0.25, -0.2) is 9.59 Å². The molecule has 2 amide bonds. The molecule has 112 valence electrons. The quantitative estimate of drug-likeness (QED) is 0.753. The minimum atomic E-state index is -1.09. The minimum absolute atomic E-state index is 0.000941. The first kappa shape index (κ1) is 16.4. The largest absolute Gasteiger partial charge is 0.477 e. The van der Waals surface area contributed by atoms with Crippen molar-refractivity contribution in [3.8, 4) is 0 Å². The van der Waals surface area contributed by atoms with E-state index in [-0.39, 0.29) is 17.8 Å². The predicted octanol–water partition coefficient (Wildman–Crippen LogP) is 2.63. The topological polar surface area (TPSA) is 85.4 Å². The number of urea groups is 1. The lowest BCUT2D eigenvalue weighted by Gasteiger charge is -2.24. The number of carbonyl (C=O) groups is 2. The van der Waals surface area contributed by atoms with Gasteiger partial charge in [0.1, 0.15) is 5.69 Å². The number of thioether (sulfide) groups is 1. The van der Waals surface area contributed by atoms with Crippen LogP contribution in [0, 0.1) is 6.92 Å². The van der Waals surface area contributed by atoms with Crippen LogP contribution in [0.5, 0.6) is 0 Å². The van der Waals surface area contributed by atoms with E-state index in [0.717, 1.165) is 12.2 Å². The molecule has 1 rings (SSSR count). The summed E-state index contributed by atoms with van der Waals surface area (Å²) >= 11 is 1.73. The van der Waals surface area contributed by atoms with Crippen molar-refractivity contribution in [2.45, 2.75) is 26.3 Å². The van der Waals surface area contributed by atoms with Gasteiger partial charge in [-0.1, -0.05) is 0 Å². The molecule has 0 aliphatic rings. The van der Waals surface area contributed by atoms with Crippen molar-refractivity contribution >= 4 is 29.4 Å². The lowest BCUT2D eigenvalue weighted by atomic mass is 10.2. The summed E-state index contributed by atoms with van der Waals surface area (Å²) in [5.41, 5.74) is 0.987. The van der Waals surface area contributed by atoms with Crippen LogP contribution in [0.1, 0.15) is 29.5 Å². The molecule has 0 saturated heterocycles. The van der Waals surface area contributed by atoms with Gasteiger partial charge >= 0.3 is 12.0 Å². The standard InChI is InChI=1S/C13H21N3O3S/c1-8-7-10(11(14-8)12(17)18)15-13(19)16(3)9(2)5-6-20-4/h7,9,14H,5-6H2,1-4H3,(H,15,19)(H,17,18). The normalized spacial score (nSPS) is 12.0. The lowest BCUT2D eigenvalue weighted by molar-refractivity contribution is 0.0692. The molecule has 0 aromatic carbocycles. The summed E-state index contributed by atoms with van der Waals surface area (Å²) in [5, 5.41) is 11.7. The molecule has 0 fully saturated rings. The van der Waals surface area contributed by atoms with Crippen molar-refractivity contribution in [3.05, 3.63) is 17.5 Å². The van der Waals surface area contributed by atoms with E-state index in [9.17, 15) is 9.59 Å². The zero-order valence-corrected chi connectivity index (χ0v) is 13.0. The van der Waals surface area contributed by atoms with E-state index < -0.39 is 5.97 Å². The number of aromatic nitrogens is 1. The van der Waals surface area contributed by atoms with Crippen molar-refractivity contribution < 1.29 is 14.7 Å². The summed E-state index contributed by atoms with van der Waals surface area (Å²) in [4.78, 5) is 27.5. The summed E-state index contributed by atoms with van der Waals surface area (Å²) in [5.74, 6) is -0.117. The van der Waals surface area contributed by atoms with Gasteiger partial charge in [0.25, 0.3) is 0 Å². The Morgan fingerprint density at radius 3 is 2.75 bits per heavy atom. The number of aryl methyl sites for hydroxylation is 1. The number of nitrogens with zero attached hydrogens (tertiary/aromatic N) is 1. The Bertz CT molecular complexity index is 487. The highest BCUT2D eigenvalue weighted by molar-refractivity contribution is 7.98. The average Bonchev–Trinajstić information content (AvgIpc) is 2.75. The van der Waals surface area contributed by atoms with Gasteiger partial charge < -0.3 is 20.3 Å². The van der Waals surface area contributed by atoms with E-state index in [0.29, 0.717) is 11.4 Å². The number of hydrogen-bond donors (Lipinski definition) is 3. The number of rotatable bonds is 6. The number of hydrogen-bond acceptors (Lipinski definition) is 3. The van der Waals surface area contributed by atoms with Gasteiger partial charge in [0.2, 0.25) is 0 Å². The summed E-state index contributed by atoms with van der Waals surface area (Å²) in [7, 11) is 1.71. The fraction of sp³-hybridized carbons (Fsp3) is 0.538. The number of amides is 2. The summed E-state index contributed by atoms with van der Waals surface area (Å²) in [6, 6.07) is 1.40. The van der Waals surface area contributed by atoms with Gasteiger partial charge in [-0.05, 0) is 38.3 Å². The molecule has 1 unspecified atom stereocenters. The number of carboxylic acids is 1. The van der Waals surface area contributed by atoms with Crippen molar-refractivity contribution in [2.24, 2.45) is 0 Å². The Kier molecular flexibility index (Phi) is 5.94. The van der Waals surface area contributed by atoms with Crippen LogP contribution in [0.2, 0.25) is 0 Å². The Labute approximate surface area is 122 Å². The molecule has 0 spiro atoms. The average molecular weight is 299 g/mol. The highest BCUT2D eigenvalue weighted by Gasteiger charge is 2.19. The monoisotopic (exact) mass is 299 g/mol. The van der Waals surface area contributed by atoms with Crippen molar-refractivity contribution in [3.63, 3.8) is 0 Å². The molecular formula is C13H21N3O3S. The molecule has 1 atom stereocenters. The molecule has 6 nitrogen and oxygen atoms in total. The summed E-state index contributed by atoms with van der Waals surface area (Å²) in [6.07, 6.45) is 2.91. The SMILES string of the molecule is CSCCC(C)N(C)C(=O)Nc1cc(C)[nH]c1C(=O)O. The number of aromatic amines is 1. The molecule has 0 bridgehead atoms. The third-order valence-corrected chi connectivity index (χ3v) is 3.77. The molecule has 0 aliphatic heterocycles. The van der Waals surface area contributed by atoms with Gasteiger partial charge in [0.05, 0.1) is 5.69 Å².